The maximum Gasteiger partial charge on any atom is 0.434 e. The van der Waals surface area contributed by atoms with Gasteiger partial charge in [-0.1, -0.05) is 0 Å². The third kappa shape index (κ3) is 3.78. The molecule has 0 aliphatic carbocycles. The molecule has 0 bridgehead atoms. The first-order valence-corrected chi connectivity index (χ1v) is 7.45. The molecule has 2 aromatic heterocycles. The van der Waals surface area contributed by atoms with Gasteiger partial charge in [-0.25, -0.2) is 23.4 Å². The molecule has 0 N–H and O–H groups in total. The fourth-order valence-corrected chi connectivity index (χ4v) is 2.02. The van der Waals surface area contributed by atoms with E-state index in [-0.39, 0.29) is 6.07 Å². The second kappa shape index (κ2) is 5.18. The summed E-state index contributed by atoms with van der Waals surface area (Å²) in [4.78, 5) is 9.35. The Balaban J connectivity index is 2.65. The van der Waals surface area contributed by atoms with Crippen LogP contribution in [0.25, 0.3) is 5.95 Å². The fourth-order valence-electron chi connectivity index (χ4n) is 1.44. The van der Waals surface area contributed by atoms with Gasteiger partial charge >= 0.3 is 12.4 Å². The first-order valence-electron chi connectivity index (χ1n) is 5.56. The predicted octanol–water partition coefficient (Wildman–Crippen LogP) is 2.10. The first-order chi connectivity index (χ1) is 10.3. The summed E-state index contributed by atoms with van der Waals surface area (Å²) in [5.74, 6) is -0.900. The minimum absolute atomic E-state index is 0.195. The van der Waals surface area contributed by atoms with Crippen LogP contribution < -0.4 is 0 Å². The van der Waals surface area contributed by atoms with Crippen molar-refractivity contribution in [2.45, 2.75) is 17.4 Å². The molecule has 0 saturated heterocycles. The molecule has 0 saturated carbocycles. The van der Waals surface area contributed by atoms with Gasteiger partial charge in [-0.3, -0.25) is 4.57 Å². The zero-order valence-electron chi connectivity index (χ0n) is 11.0. The molecule has 23 heavy (non-hydrogen) atoms. The van der Waals surface area contributed by atoms with Crippen molar-refractivity contribution < 1.29 is 34.8 Å². The van der Waals surface area contributed by atoms with Crippen molar-refractivity contribution in [3.05, 3.63) is 30.0 Å². The second-order valence-corrected chi connectivity index (χ2v) is 6.29. The van der Waals surface area contributed by atoms with E-state index in [4.69, 9.17) is 0 Å². The van der Waals surface area contributed by atoms with E-state index in [0.29, 0.717) is 23.3 Å². The lowest BCUT2D eigenvalue weighted by atomic mass is 10.4. The zero-order valence-corrected chi connectivity index (χ0v) is 11.8. The molecule has 126 valence electrons. The van der Waals surface area contributed by atoms with E-state index < -0.39 is 44.6 Å². The lowest BCUT2D eigenvalue weighted by Gasteiger charge is -2.09. The molecule has 0 spiro atoms. The van der Waals surface area contributed by atoms with Crippen LogP contribution in [0.3, 0.4) is 0 Å². The molecule has 2 aromatic rings. The van der Waals surface area contributed by atoms with Crippen LogP contribution in [0.5, 0.6) is 0 Å². The number of imidazole rings is 1. The molecule has 6 nitrogen and oxygen atoms in total. The van der Waals surface area contributed by atoms with Crippen molar-refractivity contribution in [3.63, 3.8) is 0 Å². The maximum atomic E-state index is 12.8. The Morgan fingerprint density at radius 3 is 2.00 bits per heavy atom. The smallest absolute Gasteiger partial charge is 0.274 e. The van der Waals surface area contributed by atoms with Crippen LogP contribution in [0.2, 0.25) is 0 Å². The van der Waals surface area contributed by atoms with Gasteiger partial charge in [0.1, 0.15) is 6.33 Å². The van der Waals surface area contributed by atoms with Gasteiger partial charge in [0.25, 0.3) is 0 Å². The van der Waals surface area contributed by atoms with Crippen LogP contribution in [0.4, 0.5) is 26.3 Å². The fraction of sp³-hybridized carbons (Fsp3) is 0.300. The third-order valence-corrected chi connectivity index (χ3v) is 3.43. The van der Waals surface area contributed by atoms with Crippen molar-refractivity contribution in [2.24, 2.45) is 0 Å². The Labute approximate surface area is 124 Å². The normalized spacial score (nSPS) is 13.3. The minimum atomic E-state index is -5.01. The zero-order chi connectivity index (χ0) is 17.6. The van der Waals surface area contributed by atoms with Crippen molar-refractivity contribution in [1.29, 1.82) is 0 Å². The molecular formula is C10H6F6N4O2S. The first kappa shape index (κ1) is 17.2. The number of alkyl halides is 6. The quantitative estimate of drug-likeness (QED) is 0.606. The summed E-state index contributed by atoms with van der Waals surface area (Å²) < 4.78 is 98.9. The van der Waals surface area contributed by atoms with Crippen molar-refractivity contribution in [2.75, 3.05) is 6.26 Å². The number of sulfone groups is 1. The Kier molecular flexibility index (Phi) is 3.87. The van der Waals surface area contributed by atoms with E-state index in [0.717, 1.165) is 0 Å². The average Bonchev–Trinajstić information content (AvgIpc) is 2.85. The lowest BCUT2D eigenvalue weighted by Crippen LogP contribution is -2.15. The molecule has 0 radical (unpaired) electrons. The molecule has 2 rings (SSSR count). The highest BCUT2D eigenvalue weighted by atomic mass is 32.2. The van der Waals surface area contributed by atoms with Gasteiger partial charge in [0.05, 0.1) is 0 Å². The average molecular weight is 360 g/mol. The largest absolute Gasteiger partial charge is 0.434 e. The molecule has 0 atom stereocenters. The highest BCUT2D eigenvalue weighted by Gasteiger charge is 2.36. The third-order valence-electron chi connectivity index (χ3n) is 2.47. The van der Waals surface area contributed by atoms with Crippen LogP contribution in [-0.4, -0.2) is 34.2 Å². The van der Waals surface area contributed by atoms with Crippen LogP contribution in [0.1, 0.15) is 11.4 Å². The summed E-state index contributed by atoms with van der Waals surface area (Å²) in [6, 6.07) is 0.195. The Hall–Kier alpha value is -2.18. The number of aromatic nitrogens is 4. The Bertz CT molecular complexity index is 840. The summed E-state index contributed by atoms with van der Waals surface area (Å²) in [6.07, 6.45) is -8.35. The minimum Gasteiger partial charge on any atom is -0.274 e. The number of hydrogen-bond donors (Lipinski definition) is 0. The van der Waals surface area contributed by atoms with Crippen molar-refractivity contribution in [1.82, 2.24) is 19.5 Å². The SMILES string of the molecule is CS(=O)(=O)c1cc(C(F)(F)F)nc(-n2cnc(C(F)(F)F)c2)n1. The van der Waals surface area contributed by atoms with Crippen molar-refractivity contribution in [3.8, 4) is 5.95 Å². The summed E-state index contributed by atoms with van der Waals surface area (Å²) >= 11 is 0. The van der Waals surface area contributed by atoms with Crippen LogP contribution >= 0.6 is 0 Å². The van der Waals surface area contributed by atoms with Crippen LogP contribution in [-0.2, 0) is 22.2 Å². The van der Waals surface area contributed by atoms with E-state index >= 15 is 0 Å². The summed E-state index contributed by atoms with van der Waals surface area (Å²) in [6.45, 7) is 0. The molecule has 0 aliphatic rings. The van der Waals surface area contributed by atoms with E-state index in [1.807, 2.05) is 0 Å². The Morgan fingerprint density at radius 2 is 1.57 bits per heavy atom. The standard InChI is InChI=1S/C10H6F6N4O2S/c1-23(21,22)7-2-5(9(11,12)13)18-8(19-7)20-3-6(17-4-20)10(14,15)16/h2-4H,1H3. The highest BCUT2D eigenvalue weighted by Crippen LogP contribution is 2.30. The molecular weight excluding hydrogens is 354 g/mol. The van der Waals surface area contributed by atoms with Gasteiger partial charge in [-0.15, -0.1) is 0 Å². The van der Waals surface area contributed by atoms with Gasteiger partial charge in [0, 0.05) is 18.5 Å². The molecule has 0 aromatic carbocycles. The molecule has 0 unspecified atom stereocenters. The summed E-state index contributed by atoms with van der Waals surface area (Å²) in [5, 5.41) is -0.975. The van der Waals surface area contributed by atoms with Gasteiger partial charge in [0.15, 0.2) is 26.3 Å². The molecule has 13 heteroatoms. The number of hydrogen-bond acceptors (Lipinski definition) is 5. The highest BCUT2D eigenvalue weighted by molar-refractivity contribution is 7.90. The molecule has 0 amide bonds. The lowest BCUT2D eigenvalue weighted by molar-refractivity contribution is -0.142. The van der Waals surface area contributed by atoms with Gasteiger partial charge < -0.3 is 0 Å². The van der Waals surface area contributed by atoms with Gasteiger partial charge in [0.2, 0.25) is 5.95 Å². The Morgan fingerprint density at radius 1 is 1.00 bits per heavy atom. The monoisotopic (exact) mass is 360 g/mol. The molecule has 0 fully saturated rings. The predicted molar refractivity (Wildman–Crippen MR) is 62.3 cm³/mol. The van der Waals surface area contributed by atoms with E-state index in [2.05, 4.69) is 15.0 Å². The molecule has 2 heterocycles. The number of rotatable bonds is 2. The van der Waals surface area contributed by atoms with Crippen LogP contribution in [0.15, 0.2) is 23.6 Å². The second-order valence-electron chi connectivity index (χ2n) is 4.33. The van der Waals surface area contributed by atoms with Gasteiger partial charge in [-0.05, 0) is 0 Å². The van der Waals surface area contributed by atoms with E-state index in [1.54, 1.807) is 0 Å². The molecule has 0 aliphatic heterocycles. The number of halogens is 6. The van der Waals surface area contributed by atoms with Gasteiger partial charge in [-0.2, -0.15) is 26.3 Å². The maximum absolute atomic E-state index is 12.8. The number of nitrogens with zero attached hydrogens (tertiary/aromatic N) is 4. The van der Waals surface area contributed by atoms with Crippen LogP contribution in [0, 0.1) is 0 Å². The topological polar surface area (TPSA) is 77.7 Å². The summed E-state index contributed by atoms with van der Waals surface area (Å²) in [7, 11) is -4.14. The summed E-state index contributed by atoms with van der Waals surface area (Å²) in [5.41, 5.74) is -3.00. The van der Waals surface area contributed by atoms with E-state index in [9.17, 15) is 34.8 Å². The van der Waals surface area contributed by atoms with E-state index in [1.165, 1.54) is 0 Å². The van der Waals surface area contributed by atoms with Crippen molar-refractivity contribution >= 4 is 9.84 Å².